The summed E-state index contributed by atoms with van der Waals surface area (Å²) in [5.41, 5.74) is 0.417. The van der Waals surface area contributed by atoms with Crippen LogP contribution in [0.4, 0.5) is 0 Å². The quantitative estimate of drug-likeness (QED) is 0.766. The highest BCUT2D eigenvalue weighted by molar-refractivity contribution is 4.98. The number of nitrogens with one attached hydrogen (secondary N) is 1. The van der Waals surface area contributed by atoms with Crippen LogP contribution in [0.3, 0.4) is 0 Å². The summed E-state index contributed by atoms with van der Waals surface area (Å²) in [6.45, 7) is 15.4. The van der Waals surface area contributed by atoms with E-state index >= 15 is 0 Å². The van der Waals surface area contributed by atoms with E-state index in [0.717, 1.165) is 5.92 Å². The van der Waals surface area contributed by atoms with Gasteiger partial charge >= 0.3 is 0 Å². The number of rotatable bonds is 6. The molecular formula is C15H32N2. The Morgan fingerprint density at radius 3 is 2.35 bits per heavy atom. The van der Waals surface area contributed by atoms with E-state index in [1.807, 2.05) is 0 Å². The molecule has 1 N–H and O–H groups in total. The lowest BCUT2D eigenvalue weighted by Gasteiger charge is -2.51. The highest BCUT2D eigenvalue weighted by Gasteiger charge is 2.39. The van der Waals surface area contributed by atoms with Crippen LogP contribution in [0.1, 0.15) is 60.3 Å². The lowest BCUT2D eigenvalue weighted by molar-refractivity contribution is 0.0205. The van der Waals surface area contributed by atoms with Crippen molar-refractivity contribution in [2.75, 3.05) is 19.6 Å². The molecule has 0 aromatic rings. The normalized spacial score (nSPS) is 27.0. The highest BCUT2D eigenvalue weighted by atomic mass is 15.3. The van der Waals surface area contributed by atoms with Gasteiger partial charge in [-0.25, -0.2) is 0 Å². The van der Waals surface area contributed by atoms with Crippen molar-refractivity contribution in [2.24, 2.45) is 5.92 Å². The smallest absolute Gasteiger partial charge is 0.0329 e. The standard InChI is InChI=1S/C15H32N2/c1-6-10-17-11-14(13(5)7-2)16-12-15(17,8-3)9-4/h13-14,16H,6-12H2,1-5H3. The van der Waals surface area contributed by atoms with Crippen LogP contribution >= 0.6 is 0 Å². The molecule has 2 atom stereocenters. The Morgan fingerprint density at radius 2 is 1.88 bits per heavy atom. The van der Waals surface area contributed by atoms with E-state index in [2.05, 4.69) is 44.8 Å². The predicted molar refractivity (Wildman–Crippen MR) is 76.4 cm³/mol. The second-order valence-corrected chi connectivity index (χ2v) is 5.75. The van der Waals surface area contributed by atoms with Crippen LogP contribution in [0.15, 0.2) is 0 Å². The molecule has 2 nitrogen and oxygen atoms in total. The Labute approximate surface area is 108 Å². The molecule has 0 radical (unpaired) electrons. The van der Waals surface area contributed by atoms with Gasteiger partial charge in [-0.2, -0.15) is 0 Å². The van der Waals surface area contributed by atoms with Gasteiger partial charge in [-0.05, 0) is 31.7 Å². The molecule has 1 heterocycles. The first-order valence-corrected chi connectivity index (χ1v) is 7.61. The minimum atomic E-state index is 0.417. The number of piperazine rings is 1. The molecule has 17 heavy (non-hydrogen) atoms. The fourth-order valence-electron chi connectivity index (χ4n) is 3.14. The third kappa shape index (κ3) is 3.23. The first-order chi connectivity index (χ1) is 8.13. The number of hydrogen-bond acceptors (Lipinski definition) is 2. The van der Waals surface area contributed by atoms with E-state index < -0.39 is 0 Å². The van der Waals surface area contributed by atoms with Crippen LogP contribution < -0.4 is 5.32 Å². The molecule has 0 aliphatic carbocycles. The number of hydrogen-bond donors (Lipinski definition) is 1. The summed E-state index contributed by atoms with van der Waals surface area (Å²) in [5, 5.41) is 3.81. The molecule has 0 amide bonds. The van der Waals surface area contributed by atoms with Gasteiger partial charge in [0, 0.05) is 24.7 Å². The average Bonchev–Trinajstić information content (AvgIpc) is 2.38. The summed E-state index contributed by atoms with van der Waals surface area (Å²) in [6.07, 6.45) is 5.09. The zero-order valence-corrected chi connectivity index (χ0v) is 12.6. The summed E-state index contributed by atoms with van der Waals surface area (Å²) in [4.78, 5) is 2.76. The van der Waals surface area contributed by atoms with Crippen molar-refractivity contribution in [2.45, 2.75) is 71.9 Å². The monoisotopic (exact) mass is 240 g/mol. The van der Waals surface area contributed by atoms with Crippen molar-refractivity contribution in [3.8, 4) is 0 Å². The minimum Gasteiger partial charge on any atom is -0.311 e. The van der Waals surface area contributed by atoms with Crippen molar-refractivity contribution in [3.63, 3.8) is 0 Å². The Bertz CT molecular complexity index is 211. The lowest BCUT2D eigenvalue weighted by Crippen LogP contribution is -2.65. The molecular weight excluding hydrogens is 208 g/mol. The average molecular weight is 240 g/mol. The van der Waals surface area contributed by atoms with Crippen LogP contribution in [-0.2, 0) is 0 Å². The Balaban J connectivity index is 2.73. The van der Waals surface area contributed by atoms with Gasteiger partial charge in [0.1, 0.15) is 0 Å². The summed E-state index contributed by atoms with van der Waals surface area (Å²) in [6, 6.07) is 0.692. The highest BCUT2D eigenvalue weighted by Crippen LogP contribution is 2.29. The van der Waals surface area contributed by atoms with E-state index in [-0.39, 0.29) is 0 Å². The first kappa shape index (κ1) is 15.0. The Kier molecular flexibility index (Phi) is 5.94. The van der Waals surface area contributed by atoms with Crippen LogP contribution in [0.5, 0.6) is 0 Å². The van der Waals surface area contributed by atoms with Crippen molar-refractivity contribution >= 4 is 0 Å². The van der Waals surface area contributed by atoms with Gasteiger partial charge in [-0.3, -0.25) is 4.90 Å². The van der Waals surface area contributed by atoms with E-state index in [1.165, 1.54) is 45.3 Å². The third-order valence-electron chi connectivity index (χ3n) is 4.92. The largest absolute Gasteiger partial charge is 0.311 e. The Hall–Kier alpha value is -0.0800. The molecule has 102 valence electrons. The van der Waals surface area contributed by atoms with Gasteiger partial charge in [-0.15, -0.1) is 0 Å². The van der Waals surface area contributed by atoms with E-state index in [4.69, 9.17) is 0 Å². The third-order valence-corrected chi connectivity index (χ3v) is 4.92. The first-order valence-electron chi connectivity index (χ1n) is 7.61. The zero-order valence-electron chi connectivity index (χ0n) is 12.6. The summed E-state index contributed by atoms with van der Waals surface area (Å²) in [5.74, 6) is 0.793. The van der Waals surface area contributed by atoms with Gasteiger partial charge < -0.3 is 5.32 Å². The maximum atomic E-state index is 3.81. The maximum absolute atomic E-state index is 3.81. The fraction of sp³-hybridized carbons (Fsp3) is 1.00. The molecule has 1 aliphatic rings. The van der Waals surface area contributed by atoms with Crippen LogP contribution in [0, 0.1) is 5.92 Å². The fourth-order valence-corrected chi connectivity index (χ4v) is 3.14. The molecule has 0 saturated carbocycles. The van der Waals surface area contributed by atoms with Gasteiger partial charge in [0.15, 0.2) is 0 Å². The van der Waals surface area contributed by atoms with Crippen LogP contribution in [0.25, 0.3) is 0 Å². The topological polar surface area (TPSA) is 15.3 Å². The summed E-state index contributed by atoms with van der Waals surface area (Å²) >= 11 is 0. The van der Waals surface area contributed by atoms with Gasteiger partial charge in [0.05, 0.1) is 0 Å². The van der Waals surface area contributed by atoms with Crippen molar-refractivity contribution in [1.29, 1.82) is 0 Å². The molecule has 1 aliphatic heterocycles. The summed E-state index contributed by atoms with van der Waals surface area (Å²) in [7, 11) is 0. The molecule has 1 saturated heterocycles. The molecule has 0 aromatic carbocycles. The molecule has 0 bridgehead atoms. The second kappa shape index (κ2) is 6.75. The molecule has 2 heteroatoms. The van der Waals surface area contributed by atoms with Crippen molar-refractivity contribution in [3.05, 3.63) is 0 Å². The Morgan fingerprint density at radius 1 is 1.24 bits per heavy atom. The van der Waals surface area contributed by atoms with Crippen LogP contribution in [0.2, 0.25) is 0 Å². The van der Waals surface area contributed by atoms with Gasteiger partial charge in [0.25, 0.3) is 0 Å². The van der Waals surface area contributed by atoms with Gasteiger partial charge in [0.2, 0.25) is 0 Å². The summed E-state index contributed by atoms with van der Waals surface area (Å²) < 4.78 is 0. The second-order valence-electron chi connectivity index (χ2n) is 5.75. The van der Waals surface area contributed by atoms with E-state index in [0.29, 0.717) is 11.6 Å². The van der Waals surface area contributed by atoms with E-state index in [9.17, 15) is 0 Å². The molecule has 0 aromatic heterocycles. The minimum absolute atomic E-state index is 0.417. The maximum Gasteiger partial charge on any atom is 0.0329 e. The lowest BCUT2D eigenvalue weighted by atomic mass is 9.84. The molecule has 2 unspecified atom stereocenters. The number of nitrogens with zero attached hydrogens (tertiary/aromatic N) is 1. The molecule has 1 fully saturated rings. The molecule has 0 spiro atoms. The van der Waals surface area contributed by atoms with Gasteiger partial charge in [-0.1, -0.05) is 41.0 Å². The zero-order chi connectivity index (χ0) is 12.9. The van der Waals surface area contributed by atoms with Crippen molar-refractivity contribution in [1.82, 2.24) is 10.2 Å². The van der Waals surface area contributed by atoms with E-state index in [1.54, 1.807) is 0 Å². The van der Waals surface area contributed by atoms with Crippen LogP contribution in [-0.4, -0.2) is 36.1 Å². The van der Waals surface area contributed by atoms with Crippen molar-refractivity contribution < 1.29 is 0 Å². The predicted octanol–water partition coefficient (Wildman–Crippen LogP) is 3.28. The SMILES string of the molecule is CCCN1CC(C(C)CC)NCC1(CC)CC. The molecule has 1 rings (SSSR count).